The second-order valence-electron chi connectivity index (χ2n) is 4.09. The van der Waals surface area contributed by atoms with Crippen LogP contribution in [-0.2, 0) is 0 Å². The Morgan fingerprint density at radius 1 is 1.62 bits per heavy atom. The number of carbonyl (C=O) groups is 1. The first-order chi connectivity index (χ1) is 7.68. The molecule has 1 aliphatic rings. The molecule has 4 nitrogen and oxygen atoms in total. The highest BCUT2D eigenvalue weighted by atomic mass is 35.5. The Morgan fingerprint density at radius 2 is 2.31 bits per heavy atom. The van der Waals surface area contributed by atoms with E-state index < -0.39 is 0 Å². The van der Waals surface area contributed by atoms with Gasteiger partial charge < -0.3 is 4.90 Å². The van der Waals surface area contributed by atoms with Crippen molar-refractivity contribution >= 4 is 29.0 Å². The number of piperidine rings is 1. The molecule has 2 heterocycles. The lowest BCUT2D eigenvalue weighted by atomic mass is 9.94. The van der Waals surface area contributed by atoms with Gasteiger partial charge in [-0.3, -0.25) is 4.79 Å². The van der Waals surface area contributed by atoms with Gasteiger partial charge in [0.05, 0.1) is 6.20 Å². The molecule has 1 unspecified atom stereocenters. The molecule has 1 fully saturated rings. The summed E-state index contributed by atoms with van der Waals surface area (Å²) in [5.41, 5.74) is 0. The lowest BCUT2D eigenvalue weighted by molar-refractivity contribution is 0.0695. The van der Waals surface area contributed by atoms with Crippen LogP contribution in [0.15, 0.2) is 6.20 Å². The summed E-state index contributed by atoms with van der Waals surface area (Å²) in [5, 5.41) is 3.88. The normalized spacial score (nSPS) is 19.8. The minimum atomic E-state index is 0.0516. The van der Waals surface area contributed by atoms with Crippen LogP contribution in [-0.4, -0.2) is 38.9 Å². The zero-order chi connectivity index (χ0) is 11.5. The second-order valence-corrected chi connectivity index (χ2v) is 5.56. The van der Waals surface area contributed by atoms with E-state index in [-0.39, 0.29) is 11.3 Å². The zero-order valence-electron chi connectivity index (χ0n) is 9.10. The fourth-order valence-corrected chi connectivity index (χ4v) is 2.71. The third kappa shape index (κ3) is 2.52. The molecule has 1 saturated heterocycles. The molecular weight excluding hydrogens is 246 g/mol. The number of aromatic nitrogens is 2. The van der Waals surface area contributed by atoms with Crippen LogP contribution in [0.1, 0.15) is 29.4 Å². The van der Waals surface area contributed by atoms with Crippen molar-refractivity contribution in [2.24, 2.45) is 5.92 Å². The summed E-state index contributed by atoms with van der Waals surface area (Å²) >= 11 is 7.22. The summed E-state index contributed by atoms with van der Waals surface area (Å²) in [7, 11) is 0. The van der Waals surface area contributed by atoms with Crippen LogP contribution < -0.4 is 0 Å². The fourth-order valence-electron chi connectivity index (χ4n) is 1.98. The Kier molecular flexibility index (Phi) is 3.76. The van der Waals surface area contributed by atoms with E-state index in [9.17, 15) is 4.79 Å². The van der Waals surface area contributed by atoms with Crippen molar-refractivity contribution in [3.63, 3.8) is 0 Å². The average molecular weight is 260 g/mol. The molecule has 0 aliphatic carbocycles. The van der Waals surface area contributed by atoms with E-state index in [1.54, 1.807) is 0 Å². The second kappa shape index (κ2) is 5.10. The van der Waals surface area contributed by atoms with Crippen LogP contribution in [0.4, 0.5) is 0 Å². The van der Waals surface area contributed by atoms with Crippen molar-refractivity contribution in [3.8, 4) is 0 Å². The first-order valence-corrected chi connectivity index (χ1v) is 6.60. The van der Waals surface area contributed by atoms with Crippen molar-refractivity contribution in [2.75, 3.05) is 13.1 Å². The van der Waals surface area contributed by atoms with E-state index in [2.05, 4.69) is 9.59 Å². The van der Waals surface area contributed by atoms with E-state index >= 15 is 0 Å². The average Bonchev–Trinajstić information content (AvgIpc) is 2.81. The molecule has 0 spiro atoms. The molecule has 1 atom stereocenters. The molecule has 2 rings (SSSR count). The molecule has 0 bridgehead atoms. The van der Waals surface area contributed by atoms with Crippen molar-refractivity contribution in [3.05, 3.63) is 11.1 Å². The number of likely N-dealkylation sites (tertiary alicyclic amines) is 1. The van der Waals surface area contributed by atoms with Gasteiger partial charge in [-0.15, -0.1) is 16.7 Å². The SMILES string of the molecule is CC(Cl)C1CCN(C(=O)c2cnns2)CC1. The third-order valence-electron chi connectivity index (χ3n) is 3.05. The van der Waals surface area contributed by atoms with Crippen LogP contribution in [0.5, 0.6) is 0 Å². The molecule has 6 heteroatoms. The maximum atomic E-state index is 12.0. The van der Waals surface area contributed by atoms with Gasteiger partial charge in [0.1, 0.15) is 4.88 Å². The van der Waals surface area contributed by atoms with Gasteiger partial charge in [-0.2, -0.15) is 0 Å². The first-order valence-electron chi connectivity index (χ1n) is 5.39. The minimum Gasteiger partial charge on any atom is -0.338 e. The van der Waals surface area contributed by atoms with Crippen LogP contribution in [0.3, 0.4) is 0 Å². The monoisotopic (exact) mass is 259 g/mol. The van der Waals surface area contributed by atoms with Crippen molar-refractivity contribution < 1.29 is 4.79 Å². The molecule has 88 valence electrons. The number of alkyl halides is 1. The molecule has 1 aliphatic heterocycles. The summed E-state index contributed by atoms with van der Waals surface area (Å²) in [5.74, 6) is 0.584. The molecule has 0 radical (unpaired) electrons. The predicted molar refractivity (Wildman–Crippen MR) is 63.9 cm³/mol. The molecule has 1 aromatic rings. The van der Waals surface area contributed by atoms with Gasteiger partial charge in [-0.25, -0.2) is 0 Å². The minimum absolute atomic E-state index is 0.0516. The van der Waals surface area contributed by atoms with Gasteiger partial charge in [0.2, 0.25) is 0 Å². The lowest BCUT2D eigenvalue weighted by Gasteiger charge is -2.32. The molecule has 0 aromatic carbocycles. The Morgan fingerprint density at radius 3 is 2.81 bits per heavy atom. The van der Waals surface area contributed by atoms with E-state index in [0.717, 1.165) is 37.5 Å². The Labute approximate surface area is 104 Å². The standard InChI is InChI=1S/C10H14ClN3OS/c1-7(11)8-2-4-14(5-3-8)10(15)9-6-12-13-16-9/h6-8H,2-5H2,1H3. The van der Waals surface area contributed by atoms with E-state index in [1.165, 1.54) is 6.20 Å². The number of halogens is 1. The van der Waals surface area contributed by atoms with Gasteiger partial charge in [0, 0.05) is 18.5 Å². The molecule has 1 aromatic heterocycles. The smallest absolute Gasteiger partial charge is 0.267 e. The number of hydrogen-bond acceptors (Lipinski definition) is 4. The summed E-state index contributed by atoms with van der Waals surface area (Å²) in [6, 6.07) is 0. The van der Waals surface area contributed by atoms with Gasteiger partial charge >= 0.3 is 0 Å². The number of carbonyl (C=O) groups excluding carboxylic acids is 1. The summed E-state index contributed by atoms with van der Waals surface area (Å²) in [6.07, 6.45) is 3.51. The predicted octanol–water partition coefficient (Wildman–Crippen LogP) is 2.02. The van der Waals surface area contributed by atoms with Gasteiger partial charge in [-0.05, 0) is 37.2 Å². The lowest BCUT2D eigenvalue weighted by Crippen LogP contribution is -2.39. The topological polar surface area (TPSA) is 46.1 Å². The van der Waals surface area contributed by atoms with Crippen LogP contribution in [0.2, 0.25) is 0 Å². The summed E-state index contributed by atoms with van der Waals surface area (Å²) < 4.78 is 3.70. The molecule has 0 saturated carbocycles. The number of amides is 1. The number of hydrogen-bond donors (Lipinski definition) is 0. The quantitative estimate of drug-likeness (QED) is 0.764. The highest BCUT2D eigenvalue weighted by molar-refractivity contribution is 7.07. The molecule has 1 amide bonds. The summed E-state index contributed by atoms with van der Waals surface area (Å²) in [4.78, 5) is 14.4. The third-order valence-corrected chi connectivity index (χ3v) is 4.06. The maximum Gasteiger partial charge on any atom is 0.267 e. The largest absolute Gasteiger partial charge is 0.338 e. The van der Waals surface area contributed by atoms with E-state index in [1.807, 2.05) is 11.8 Å². The van der Waals surface area contributed by atoms with Gasteiger partial charge in [0.25, 0.3) is 5.91 Å². The highest BCUT2D eigenvalue weighted by Crippen LogP contribution is 2.24. The van der Waals surface area contributed by atoms with Crippen molar-refractivity contribution in [1.82, 2.24) is 14.5 Å². The van der Waals surface area contributed by atoms with Gasteiger partial charge in [-0.1, -0.05) is 4.49 Å². The van der Waals surface area contributed by atoms with Gasteiger partial charge in [0.15, 0.2) is 0 Å². The zero-order valence-corrected chi connectivity index (χ0v) is 10.7. The van der Waals surface area contributed by atoms with Crippen molar-refractivity contribution in [2.45, 2.75) is 25.1 Å². The van der Waals surface area contributed by atoms with Crippen LogP contribution in [0, 0.1) is 5.92 Å². The fraction of sp³-hybridized carbons (Fsp3) is 0.700. The van der Waals surface area contributed by atoms with Crippen molar-refractivity contribution in [1.29, 1.82) is 0 Å². The number of rotatable bonds is 2. The molecule has 16 heavy (non-hydrogen) atoms. The summed E-state index contributed by atoms with van der Waals surface area (Å²) in [6.45, 7) is 3.60. The maximum absolute atomic E-state index is 12.0. The Balaban J connectivity index is 1.92. The first kappa shape index (κ1) is 11.8. The highest BCUT2D eigenvalue weighted by Gasteiger charge is 2.26. The van der Waals surface area contributed by atoms with E-state index in [0.29, 0.717) is 10.8 Å². The van der Waals surface area contributed by atoms with Crippen LogP contribution in [0.25, 0.3) is 0 Å². The van der Waals surface area contributed by atoms with Crippen LogP contribution >= 0.6 is 23.1 Å². The van der Waals surface area contributed by atoms with E-state index in [4.69, 9.17) is 11.6 Å². The number of nitrogens with zero attached hydrogens (tertiary/aromatic N) is 3. The Bertz CT molecular complexity index is 347. The Hall–Kier alpha value is -0.680. The molecular formula is C10H14ClN3OS. The molecule has 0 N–H and O–H groups in total.